The van der Waals surface area contributed by atoms with E-state index in [-0.39, 0.29) is 26.9 Å². The molecule has 3 amide bonds. The Balaban J connectivity index is 0.000000233. The Morgan fingerprint density at radius 1 is 1.00 bits per heavy atom. The summed E-state index contributed by atoms with van der Waals surface area (Å²) in [4.78, 5) is 27.8. The number of hydrogen-bond donors (Lipinski definition) is 4. The van der Waals surface area contributed by atoms with Crippen molar-refractivity contribution in [2.45, 2.75) is 36.5 Å². The van der Waals surface area contributed by atoms with E-state index >= 15 is 0 Å². The lowest BCUT2D eigenvalue weighted by atomic mass is 10.1. The number of amides is 3. The highest BCUT2D eigenvalue weighted by Gasteiger charge is 2.37. The first-order valence-corrected chi connectivity index (χ1v) is 15.4. The number of aryl methyl sites for hydroxylation is 1. The summed E-state index contributed by atoms with van der Waals surface area (Å²) in [7, 11) is -6.46. The summed E-state index contributed by atoms with van der Waals surface area (Å²) in [6.45, 7) is 4.32. The molecule has 0 saturated carbocycles. The van der Waals surface area contributed by atoms with E-state index in [4.69, 9.17) is 0 Å². The van der Waals surface area contributed by atoms with E-state index in [2.05, 4.69) is 15.6 Å². The van der Waals surface area contributed by atoms with Gasteiger partial charge in [-0.15, -0.1) is 0 Å². The van der Waals surface area contributed by atoms with Crippen LogP contribution in [0.15, 0.2) is 88.4 Å². The number of rotatable bonds is 7. The van der Waals surface area contributed by atoms with Gasteiger partial charge in [0.15, 0.2) is 11.5 Å². The maximum absolute atomic E-state index is 12.5. The van der Waals surface area contributed by atoms with E-state index < -0.39 is 37.7 Å². The second kappa shape index (κ2) is 13.3. The second-order valence-electron chi connectivity index (χ2n) is 8.86. The fraction of sp³-hybridized carbons (Fsp3) is 0.222. The Morgan fingerprint density at radius 3 is 2.29 bits per heavy atom. The first-order chi connectivity index (χ1) is 19.4. The predicted octanol–water partition coefficient (Wildman–Crippen LogP) is 3.36. The molecule has 1 aliphatic rings. The average Bonchev–Trinajstić information content (AvgIpc) is 2.93. The minimum absolute atomic E-state index is 0.0469. The van der Waals surface area contributed by atoms with Gasteiger partial charge in [-0.1, -0.05) is 49.2 Å². The van der Waals surface area contributed by atoms with E-state index in [9.17, 15) is 31.5 Å². The number of unbranched alkanes of at least 4 members (excludes halogenated alkanes) is 1. The predicted molar refractivity (Wildman–Crippen MR) is 154 cm³/mol. The van der Waals surface area contributed by atoms with Gasteiger partial charge in [0.05, 0.1) is 9.79 Å². The lowest BCUT2D eigenvalue weighted by molar-refractivity contribution is -0.113. The maximum atomic E-state index is 12.5. The van der Waals surface area contributed by atoms with Gasteiger partial charge in [0.25, 0.3) is 26.0 Å². The largest absolute Gasteiger partial charge is 0.505 e. The third kappa shape index (κ3) is 7.61. The van der Waals surface area contributed by atoms with Crippen LogP contribution in [0.1, 0.15) is 30.9 Å². The van der Waals surface area contributed by atoms with Gasteiger partial charge in [-0.05, 0) is 49.7 Å². The number of likely N-dealkylation sites (N-methyl/N-ethyl adjacent to an activating group) is 1. The molecule has 0 spiro atoms. The zero-order valence-electron chi connectivity index (χ0n) is 22.7. The summed E-state index contributed by atoms with van der Waals surface area (Å²) in [5.74, 6) is -0.907. The van der Waals surface area contributed by atoms with Crippen LogP contribution in [0.4, 0.5) is 10.6 Å². The highest BCUT2D eigenvalue weighted by Crippen LogP contribution is 2.34. The minimum Gasteiger partial charge on any atom is -0.505 e. The molecule has 0 unspecified atom stereocenters. The van der Waals surface area contributed by atoms with Crippen LogP contribution >= 0.6 is 0 Å². The van der Waals surface area contributed by atoms with Gasteiger partial charge in [-0.25, -0.2) is 31.3 Å². The fourth-order valence-electron chi connectivity index (χ4n) is 3.61. The van der Waals surface area contributed by atoms with E-state index in [1.807, 2.05) is 18.6 Å². The number of nitrogens with zero attached hydrogens (tertiary/aromatic N) is 2. The fourth-order valence-corrected chi connectivity index (χ4v) is 5.93. The molecule has 218 valence electrons. The van der Waals surface area contributed by atoms with E-state index in [0.717, 1.165) is 22.7 Å². The lowest BCUT2D eigenvalue weighted by Crippen LogP contribution is -2.39. The van der Waals surface area contributed by atoms with Crippen LogP contribution in [0, 0.1) is 6.92 Å². The molecule has 0 fully saturated rings. The number of aliphatic hydroxyl groups is 1. The highest BCUT2D eigenvalue weighted by molar-refractivity contribution is 7.90. The standard InChI is InChI=1S/C15H13N3O4S.C12H18N2O3S/c1-18-13(15(20)17-12-8-4-5-9-16-12)14(19)10-6-2-3-7-11(10)23(18,21)22;1-3-4-9-13-12(15)14-18(16,17)11-7-5-10(2)6-8-11/h2-9,19H,1H3,(H,16,17,20);5-8H,3-4,9H2,1-2H3,(H2,13,14,15). The highest BCUT2D eigenvalue weighted by atomic mass is 32.2. The van der Waals surface area contributed by atoms with Crippen LogP contribution in [-0.4, -0.2) is 56.8 Å². The normalized spacial score (nSPS) is 13.8. The third-order valence-corrected chi connectivity index (χ3v) is 8.98. The second-order valence-corrected chi connectivity index (χ2v) is 12.5. The molecule has 1 aromatic heterocycles. The van der Waals surface area contributed by atoms with Gasteiger partial charge in [-0.2, -0.15) is 0 Å². The number of aromatic nitrogens is 1. The molecule has 4 rings (SSSR count). The van der Waals surface area contributed by atoms with Crippen molar-refractivity contribution in [1.29, 1.82) is 0 Å². The van der Waals surface area contributed by atoms with Crippen molar-refractivity contribution in [3.8, 4) is 0 Å². The minimum atomic E-state index is -3.91. The number of pyridine rings is 1. The maximum Gasteiger partial charge on any atom is 0.328 e. The molecule has 14 heteroatoms. The zero-order chi connectivity index (χ0) is 30.2. The lowest BCUT2D eigenvalue weighted by Gasteiger charge is -2.28. The summed E-state index contributed by atoms with van der Waals surface area (Å²) in [6, 6.07) is 16.5. The van der Waals surface area contributed by atoms with Crippen molar-refractivity contribution >= 4 is 43.6 Å². The Hall–Kier alpha value is -4.43. The van der Waals surface area contributed by atoms with Gasteiger partial charge in [0.1, 0.15) is 5.82 Å². The molecule has 1 aliphatic heterocycles. The van der Waals surface area contributed by atoms with E-state index in [0.29, 0.717) is 6.54 Å². The van der Waals surface area contributed by atoms with Crippen molar-refractivity contribution in [3.05, 3.63) is 89.8 Å². The van der Waals surface area contributed by atoms with Gasteiger partial charge >= 0.3 is 6.03 Å². The third-order valence-electron chi connectivity index (χ3n) is 5.82. The Bertz CT molecular complexity index is 1640. The molecule has 12 nitrogen and oxygen atoms in total. The number of carbonyl (C=O) groups is 2. The van der Waals surface area contributed by atoms with Gasteiger partial charge in [-0.3, -0.25) is 9.10 Å². The van der Waals surface area contributed by atoms with Crippen molar-refractivity contribution in [1.82, 2.24) is 19.3 Å². The molecule has 0 saturated heterocycles. The van der Waals surface area contributed by atoms with Gasteiger partial charge in [0, 0.05) is 25.4 Å². The van der Waals surface area contributed by atoms with Crippen LogP contribution in [0.25, 0.3) is 5.76 Å². The topological polar surface area (TPSA) is 175 Å². The SMILES string of the molecule is CCCCNC(=O)NS(=O)(=O)c1ccc(C)cc1.CN1C(C(=O)Nc2ccccn2)=C(O)c2ccccc2S1(=O)=O. The van der Waals surface area contributed by atoms with Gasteiger partial charge < -0.3 is 15.7 Å². The molecule has 2 heterocycles. The van der Waals surface area contributed by atoms with Crippen LogP contribution in [0.2, 0.25) is 0 Å². The molecule has 0 aliphatic carbocycles. The molecular weight excluding hydrogens is 570 g/mol. The summed E-state index contributed by atoms with van der Waals surface area (Å²) in [5.41, 5.74) is 0.701. The molecule has 0 bridgehead atoms. The Kier molecular flexibility index (Phi) is 10.1. The Labute approximate surface area is 239 Å². The molecule has 0 atom stereocenters. The number of nitrogens with one attached hydrogen (secondary N) is 3. The molecule has 0 radical (unpaired) electrons. The smallest absolute Gasteiger partial charge is 0.328 e. The first-order valence-electron chi connectivity index (χ1n) is 12.5. The van der Waals surface area contributed by atoms with Crippen molar-refractivity contribution in [3.63, 3.8) is 0 Å². The number of anilines is 1. The number of benzene rings is 2. The molecule has 41 heavy (non-hydrogen) atoms. The zero-order valence-corrected chi connectivity index (χ0v) is 24.3. The molecule has 4 N–H and O–H groups in total. The summed E-state index contributed by atoms with van der Waals surface area (Å²) in [6.07, 6.45) is 3.24. The number of hydrogen-bond acceptors (Lipinski definition) is 8. The van der Waals surface area contributed by atoms with Crippen molar-refractivity contribution in [2.75, 3.05) is 18.9 Å². The van der Waals surface area contributed by atoms with E-state index in [1.165, 1.54) is 37.5 Å². The first kappa shape index (κ1) is 31.1. The summed E-state index contributed by atoms with van der Waals surface area (Å²) < 4.78 is 51.4. The average molecular weight is 602 g/mol. The molecule has 3 aromatic rings. The summed E-state index contributed by atoms with van der Waals surface area (Å²) >= 11 is 0. The van der Waals surface area contributed by atoms with Crippen LogP contribution in [0.5, 0.6) is 0 Å². The van der Waals surface area contributed by atoms with Crippen LogP contribution < -0.4 is 15.4 Å². The van der Waals surface area contributed by atoms with Gasteiger partial charge in [0.2, 0.25) is 0 Å². The monoisotopic (exact) mass is 601 g/mol. The van der Waals surface area contributed by atoms with Crippen LogP contribution in [0.3, 0.4) is 0 Å². The van der Waals surface area contributed by atoms with Crippen molar-refractivity contribution < 1.29 is 31.5 Å². The Morgan fingerprint density at radius 2 is 1.66 bits per heavy atom. The number of urea groups is 1. The van der Waals surface area contributed by atoms with E-state index in [1.54, 1.807) is 42.5 Å². The van der Waals surface area contributed by atoms with Crippen molar-refractivity contribution in [2.24, 2.45) is 0 Å². The summed E-state index contributed by atoms with van der Waals surface area (Å²) in [5, 5.41) is 15.3. The molecular formula is C27H31N5O7S2. The number of aliphatic hydroxyl groups excluding tert-OH is 1. The number of carbonyl (C=O) groups excluding carboxylic acids is 2. The van der Waals surface area contributed by atoms with Crippen LogP contribution in [-0.2, 0) is 24.8 Å². The number of fused-ring (bicyclic) bond motifs is 1. The number of sulfonamides is 2. The molecule has 2 aromatic carbocycles. The quantitative estimate of drug-likeness (QED) is 0.298.